The number of nitrogens with two attached hydrogens (primary N) is 1. The number of aliphatic hydroxyl groups excluding tert-OH is 1. The largest absolute Gasteiger partial charge is 0.394 e. The number of morpholine rings is 1. The lowest BCUT2D eigenvalue weighted by molar-refractivity contribution is -0.0676. The molecule has 4 unspecified atom stereocenters. The van der Waals surface area contributed by atoms with Crippen LogP contribution in [-0.4, -0.2) is 53.5 Å². The molecule has 1 aliphatic heterocycles. The van der Waals surface area contributed by atoms with Gasteiger partial charge in [0.25, 0.3) is 0 Å². The van der Waals surface area contributed by atoms with Gasteiger partial charge >= 0.3 is 0 Å². The second-order valence-corrected chi connectivity index (χ2v) is 5.56. The molecule has 1 rings (SSSR count). The van der Waals surface area contributed by atoms with Crippen molar-refractivity contribution in [2.45, 2.75) is 57.8 Å². The maximum absolute atomic E-state index is 9.19. The normalized spacial score (nSPS) is 33.4. The van der Waals surface area contributed by atoms with E-state index in [0.29, 0.717) is 12.1 Å². The van der Waals surface area contributed by atoms with Crippen molar-refractivity contribution in [1.82, 2.24) is 4.90 Å². The topological polar surface area (TPSA) is 58.7 Å². The van der Waals surface area contributed by atoms with Crippen LogP contribution in [0.1, 0.15) is 34.1 Å². The summed E-state index contributed by atoms with van der Waals surface area (Å²) < 4.78 is 5.60. The summed E-state index contributed by atoms with van der Waals surface area (Å²) >= 11 is 0. The highest BCUT2D eigenvalue weighted by atomic mass is 16.5. The van der Waals surface area contributed by atoms with E-state index in [9.17, 15) is 5.11 Å². The van der Waals surface area contributed by atoms with Crippen molar-refractivity contribution in [2.75, 3.05) is 19.8 Å². The van der Waals surface area contributed by atoms with Crippen LogP contribution in [0, 0.1) is 0 Å². The first-order valence-corrected chi connectivity index (χ1v) is 6.13. The number of rotatable bonds is 4. The molecule has 16 heavy (non-hydrogen) atoms. The SMILES string of the molecule is CC1CN(C(C)CC(C)(N)CO)C(C)CO1. The predicted molar refractivity (Wildman–Crippen MR) is 65.3 cm³/mol. The molecule has 0 aromatic rings. The zero-order valence-electron chi connectivity index (χ0n) is 10.9. The van der Waals surface area contributed by atoms with E-state index in [4.69, 9.17) is 10.5 Å². The molecule has 1 fully saturated rings. The van der Waals surface area contributed by atoms with Gasteiger partial charge in [-0.2, -0.15) is 0 Å². The molecular formula is C12H26N2O2. The van der Waals surface area contributed by atoms with Gasteiger partial charge in [-0.05, 0) is 34.1 Å². The molecule has 0 aromatic carbocycles. The standard InChI is InChI=1S/C12H26N2O2/c1-9(5-12(4,13)8-15)14-6-11(3)16-7-10(14)2/h9-11,15H,5-8,13H2,1-4H3. The number of nitrogens with zero attached hydrogens (tertiary/aromatic N) is 1. The molecule has 96 valence electrons. The Bertz CT molecular complexity index is 221. The Morgan fingerprint density at radius 3 is 2.75 bits per heavy atom. The zero-order valence-corrected chi connectivity index (χ0v) is 10.9. The molecule has 4 atom stereocenters. The number of aliphatic hydroxyl groups is 1. The van der Waals surface area contributed by atoms with Gasteiger partial charge in [-0.3, -0.25) is 4.90 Å². The lowest BCUT2D eigenvalue weighted by atomic mass is 9.94. The first-order valence-electron chi connectivity index (χ1n) is 6.13. The van der Waals surface area contributed by atoms with Crippen LogP contribution in [0.3, 0.4) is 0 Å². The molecule has 3 N–H and O–H groups in total. The molecule has 0 radical (unpaired) electrons. The van der Waals surface area contributed by atoms with E-state index in [2.05, 4.69) is 25.7 Å². The lowest BCUT2D eigenvalue weighted by Crippen LogP contribution is -2.54. The highest BCUT2D eigenvalue weighted by Gasteiger charge is 2.30. The van der Waals surface area contributed by atoms with E-state index >= 15 is 0 Å². The van der Waals surface area contributed by atoms with Crippen molar-refractivity contribution < 1.29 is 9.84 Å². The molecule has 0 amide bonds. The van der Waals surface area contributed by atoms with Gasteiger partial charge in [0.2, 0.25) is 0 Å². The average Bonchev–Trinajstić information content (AvgIpc) is 2.21. The minimum atomic E-state index is -0.485. The summed E-state index contributed by atoms with van der Waals surface area (Å²) in [7, 11) is 0. The summed E-state index contributed by atoms with van der Waals surface area (Å²) in [5, 5.41) is 9.19. The van der Waals surface area contributed by atoms with Crippen LogP contribution in [0.5, 0.6) is 0 Å². The lowest BCUT2D eigenvalue weighted by Gasteiger charge is -2.42. The second-order valence-electron chi connectivity index (χ2n) is 5.56. The average molecular weight is 230 g/mol. The maximum atomic E-state index is 9.19. The summed E-state index contributed by atoms with van der Waals surface area (Å²) in [6, 6.07) is 0.809. The van der Waals surface area contributed by atoms with E-state index in [1.54, 1.807) is 0 Å². The molecule has 4 nitrogen and oxygen atoms in total. The van der Waals surface area contributed by atoms with Crippen LogP contribution in [-0.2, 0) is 4.74 Å². The Morgan fingerprint density at radius 1 is 1.56 bits per heavy atom. The molecule has 1 saturated heterocycles. The molecule has 4 heteroatoms. The van der Waals surface area contributed by atoms with Crippen molar-refractivity contribution >= 4 is 0 Å². The highest BCUT2D eigenvalue weighted by molar-refractivity contribution is 4.87. The fourth-order valence-electron chi connectivity index (χ4n) is 2.40. The molecule has 1 aliphatic rings. The van der Waals surface area contributed by atoms with Gasteiger partial charge in [0.15, 0.2) is 0 Å². The Labute approximate surface area is 98.8 Å². The van der Waals surface area contributed by atoms with Crippen molar-refractivity contribution in [2.24, 2.45) is 5.73 Å². The summed E-state index contributed by atoms with van der Waals surface area (Å²) in [6.07, 6.45) is 1.09. The fourth-order valence-corrected chi connectivity index (χ4v) is 2.40. The Balaban J connectivity index is 2.54. The molecule has 0 saturated carbocycles. The zero-order chi connectivity index (χ0) is 12.3. The van der Waals surface area contributed by atoms with Gasteiger partial charge in [0, 0.05) is 24.2 Å². The van der Waals surface area contributed by atoms with E-state index in [-0.39, 0.29) is 12.7 Å². The summed E-state index contributed by atoms with van der Waals surface area (Å²) in [6.45, 7) is 10.1. The van der Waals surface area contributed by atoms with Gasteiger partial charge < -0.3 is 15.6 Å². The maximum Gasteiger partial charge on any atom is 0.0674 e. The molecule has 1 heterocycles. The van der Waals surface area contributed by atoms with E-state index in [1.807, 2.05) is 6.92 Å². The highest BCUT2D eigenvalue weighted by Crippen LogP contribution is 2.20. The third kappa shape index (κ3) is 3.70. The number of hydrogen-bond acceptors (Lipinski definition) is 4. The summed E-state index contributed by atoms with van der Waals surface area (Å²) in [5.41, 5.74) is 5.51. The molecule has 0 aromatic heterocycles. The van der Waals surface area contributed by atoms with Crippen molar-refractivity contribution in [3.63, 3.8) is 0 Å². The first kappa shape index (κ1) is 13.9. The van der Waals surface area contributed by atoms with E-state index in [0.717, 1.165) is 19.6 Å². The minimum absolute atomic E-state index is 0.0333. The number of ether oxygens (including phenoxy) is 1. The molecule has 0 aliphatic carbocycles. The van der Waals surface area contributed by atoms with Crippen molar-refractivity contribution in [3.8, 4) is 0 Å². The third-order valence-corrected chi connectivity index (χ3v) is 3.35. The van der Waals surface area contributed by atoms with Gasteiger partial charge in [-0.25, -0.2) is 0 Å². The molecule has 0 bridgehead atoms. The van der Waals surface area contributed by atoms with E-state index in [1.165, 1.54) is 0 Å². The van der Waals surface area contributed by atoms with Gasteiger partial charge in [0.1, 0.15) is 0 Å². The first-order chi connectivity index (χ1) is 7.35. The summed E-state index contributed by atoms with van der Waals surface area (Å²) in [5.74, 6) is 0. The van der Waals surface area contributed by atoms with Crippen LogP contribution < -0.4 is 5.73 Å². The minimum Gasteiger partial charge on any atom is -0.394 e. The summed E-state index contributed by atoms with van der Waals surface area (Å²) in [4.78, 5) is 2.43. The molecular weight excluding hydrogens is 204 g/mol. The van der Waals surface area contributed by atoms with Crippen molar-refractivity contribution in [3.05, 3.63) is 0 Å². The number of hydrogen-bond donors (Lipinski definition) is 2. The van der Waals surface area contributed by atoms with Gasteiger partial charge in [-0.15, -0.1) is 0 Å². The second kappa shape index (κ2) is 5.45. The predicted octanol–water partition coefficient (Wildman–Crippen LogP) is 0.584. The smallest absolute Gasteiger partial charge is 0.0674 e. The van der Waals surface area contributed by atoms with Crippen LogP contribution in [0.25, 0.3) is 0 Å². The van der Waals surface area contributed by atoms with Gasteiger partial charge in [-0.1, -0.05) is 0 Å². The van der Waals surface area contributed by atoms with Crippen LogP contribution in [0.2, 0.25) is 0 Å². The monoisotopic (exact) mass is 230 g/mol. The Kier molecular flexibility index (Phi) is 4.73. The fraction of sp³-hybridized carbons (Fsp3) is 1.00. The van der Waals surface area contributed by atoms with E-state index < -0.39 is 5.54 Å². The van der Waals surface area contributed by atoms with Crippen LogP contribution in [0.4, 0.5) is 0 Å². The van der Waals surface area contributed by atoms with Crippen LogP contribution >= 0.6 is 0 Å². The van der Waals surface area contributed by atoms with Crippen LogP contribution in [0.15, 0.2) is 0 Å². The quantitative estimate of drug-likeness (QED) is 0.742. The van der Waals surface area contributed by atoms with Gasteiger partial charge in [0.05, 0.1) is 19.3 Å². The Morgan fingerprint density at radius 2 is 2.19 bits per heavy atom. The van der Waals surface area contributed by atoms with Crippen molar-refractivity contribution in [1.29, 1.82) is 0 Å². The Hall–Kier alpha value is -0.160. The molecule has 0 spiro atoms. The third-order valence-electron chi connectivity index (χ3n) is 3.35.